The number of hydrogen-bond donors (Lipinski definition) is 2. The van der Waals surface area contributed by atoms with Crippen LogP contribution in [-0.4, -0.2) is 31.1 Å². The van der Waals surface area contributed by atoms with Crippen LogP contribution in [0.4, 0.5) is 5.13 Å². The minimum atomic E-state index is -3.68. The van der Waals surface area contributed by atoms with E-state index in [2.05, 4.69) is 26.8 Å². The lowest BCUT2D eigenvalue weighted by Crippen LogP contribution is -2.24. The SMILES string of the molecule is C=CCNS(=O)(=O)c1cccc(C(=O)Nc2nnc(CCC)s2)c1. The summed E-state index contributed by atoms with van der Waals surface area (Å²) in [6.45, 7) is 5.61. The number of nitrogens with one attached hydrogen (secondary N) is 2. The van der Waals surface area contributed by atoms with Gasteiger partial charge in [-0.3, -0.25) is 10.1 Å². The molecule has 0 saturated heterocycles. The number of nitrogens with zero attached hydrogens (tertiary/aromatic N) is 2. The highest BCUT2D eigenvalue weighted by atomic mass is 32.2. The van der Waals surface area contributed by atoms with Crippen LogP contribution in [0, 0.1) is 0 Å². The molecule has 0 saturated carbocycles. The second-order valence-electron chi connectivity index (χ2n) is 4.87. The van der Waals surface area contributed by atoms with Gasteiger partial charge in [-0.2, -0.15) is 0 Å². The van der Waals surface area contributed by atoms with Gasteiger partial charge in [-0.1, -0.05) is 30.4 Å². The van der Waals surface area contributed by atoms with Crippen LogP contribution in [0.15, 0.2) is 41.8 Å². The van der Waals surface area contributed by atoms with Crippen LogP contribution in [-0.2, 0) is 16.4 Å². The van der Waals surface area contributed by atoms with Gasteiger partial charge in [-0.25, -0.2) is 13.1 Å². The number of amides is 1. The van der Waals surface area contributed by atoms with Crippen molar-refractivity contribution >= 4 is 32.4 Å². The average Bonchev–Trinajstić information content (AvgIpc) is 3.00. The molecule has 0 unspecified atom stereocenters. The van der Waals surface area contributed by atoms with E-state index in [-0.39, 0.29) is 17.0 Å². The summed E-state index contributed by atoms with van der Waals surface area (Å²) in [5, 5.41) is 11.8. The lowest BCUT2D eigenvalue weighted by Gasteiger charge is -2.06. The molecule has 2 rings (SSSR count). The fourth-order valence-electron chi connectivity index (χ4n) is 1.84. The van der Waals surface area contributed by atoms with Crippen LogP contribution in [0.2, 0.25) is 0 Å². The van der Waals surface area contributed by atoms with Crippen molar-refractivity contribution in [3.05, 3.63) is 47.5 Å². The van der Waals surface area contributed by atoms with Crippen LogP contribution in [0.1, 0.15) is 28.7 Å². The maximum atomic E-state index is 12.3. The van der Waals surface area contributed by atoms with Crippen LogP contribution >= 0.6 is 11.3 Å². The normalized spacial score (nSPS) is 11.2. The third-order valence-electron chi connectivity index (χ3n) is 2.98. The van der Waals surface area contributed by atoms with Gasteiger partial charge in [0, 0.05) is 18.5 Å². The second kappa shape index (κ2) is 8.13. The molecule has 0 radical (unpaired) electrons. The topological polar surface area (TPSA) is 101 Å². The van der Waals surface area contributed by atoms with E-state index in [1.807, 2.05) is 6.92 Å². The molecule has 0 fully saturated rings. The summed E-state index contributed by atoms with van der Waals surface area (Å²) < 4.78 is 26.5. The highest BCUT2D eigenvalue weighted by Crippen LogP contribution is 2.18. The fraction of sp³-hybridized carbons (Fsp3) is 0.267. The number of hydrogen-bond acceptors (Lipinski definition) is 6. The molecule has 24 heavy (non-hydrogen) atoms. The molecule has 1 aromatic heterocycles. The molecule has 2 aromatic rings. The van der Waals surface area contributed by atoms with E-state index in [1.165, 1.54) is 41.7 Å². The molecular weight excluding hydrogens is 348 g/mol. The Hall–Kier alpha value is -2.10. The molecule has 1 amide bonds. The van der Waals surface area contributed by atoms with Crippen molar-refractivity contribution in [3.63, 3.8) is 0 Å². The Morgan fingerprint density at radius 2 is 2.17 bits per heavy atom. The number of sulfonamides is 1. The van der Waals surface area contributed by atoms with Gasteiger partial charge in [0.1, 0.15) is 5.01 Å². The van der Waals surface area contributed by atoms with Crippen molar-refractivity contribution in [3.8, 4) is 0 Å². The maximum Gasteiger partial charge on any atom is 0.257 e. The van der Waals surface area contributed by atoms with Gasteiger partial charge in [0.2, 0.25) is 15.2 Å². The summed E-state index contributed by atoms with van der Waals surface area (Å²) in [6, 6.07) is 5.79. The molecule has 0 spiro atoms. The third-order valence-corrected chi connectivity index (χ3v) is 5.30. The first-order valence-corrected chi connectivity index (χ1v) is 9.60. The zero-order chi connectivity index (χ0) is 17.6. The number of rotatable bonds is 8. The Kier molecular flexibility index (Phi) is 6.18. The van der Waals surface area contributed by atoms with Gasteiger partial charge in [0.15, 0.2) is 0 Å². The fourth-order valence-corrected chi connectivity index (χ4v) is 3.72. The molecule has 0 aliphatic heterocycles. The summed E-state index contributed by atoms with van der Waals surface area (Å²) >= 11 is 1.31. The van der Waals surface area contributed by atoms with Gasteiger partial charge in [-0.05, 0) is 24.6 Å². The number of carbonyl (C=O) groups excluding carboxylic acids is 1. The first-order valence-electron chi connectivity index (χ1n) is 7.30. The Morgan fingerprint density at radius 3 is 2.88 bits per heavy atom. The van der Waals surface area contributed by atoms with Crippen molar-refractivity contribution in [2.75, 3.05) is 11.9 Å². The third kappa shape index (κ3) is 4.70. The van der Waals surface area contributed by atoms with E-state index in [0.29, 0.717) is 5.13 Å². The summed E-state index contributed by atoms with van der Waals surface area (Å²) in [7, 11) is -3.68. The van der Waals surface area contributed by atoms with E-state index < -0.39 is 15.9 Å². The van der Waals surface area contributed by atoms with Gasteiger partial charge >= 0.3 is 0 Å². The Morgan fingerprint density at radius 1 is 1.38 bits per heavy atom. The monoisotopic (exact) mass is 366 g/mol. The van der Waals surface area contributed by atoms with Crippen LogP contribution in [0.25, 0.3) is 0 Å². The van der Waals surface area contributed by atoms with Crippen LogP contribution in [0.3, 0.4) is 0 Å². The first-order chi connectivity index (χ1) is 11.5. The van der Waals surface area contributed by atoms with Crippen molar-refractivity contribution in [1.82, 2.24) is 14.9 Å². The predicted octanol–water partition coefficient (Wildman–Crippen LogP) is 2.21. The van der Waals surface area contributed by atoms with E-state index in [0.717, 1.165) is 17.8 Å². The molecular formula is C15H18N4O3S2. The molecule has 0 bridgehead atoms. The largest absolute Gasteiger partial charge is 0.296 e. The van der Waals surface area contributed by atoms with Gasteiger partial charge in [0.05, 0.1) is 4.90 Å². The summed E-state index contributed by atoms with van der Waals surface area (Å²) in [5.41, 5.74) is 0.226. The minimum absolute atomic E-state index is 0.0148. The van der Waals surface area contributed by atoms with Crippen molar-refractivity contribution in [2.24, 2.45) is 0 Å². The average molecular weight is 366 g/mol. The minimum Gasteiger partial charge on any atom is -0.296 e. The zero-order valence-corrected chi connectivity index (χ0v) is 14.8. The van der Waals surface area contributed by atoms with E-state index in [9.17, 15) is 13.2 Å². The number of carbonyl (C=O) groups is 1. The van der Waals surface area contributed by atoms with Crippen molar-refractivity contribution in [2.45, 2.75) is 24.7 Å². The lowest BCUT2D eigenvalue weighted by atomic mass is 10.2. The van der Waals surface area contributed by atoms with Crippen LogP contribution in [0.5, 0.6) is 0 Å². The standard InChI is InChI=1S/C15H18N4O3S2/c1-3-6-13-18-19-15(23-13)17-14(20)11-7-5-8-12(10-11)24(21,22)16-9-4-2/h4-5,7-8,10,16H,2-3,6,9H2,1H3,(H,17,19,20). The Labute approximate surface area is 144 Å². The summed E-state index contributed by atoms with van der Waals surface area (Å²) in [6.07, 6.45) is 3.19. The Bertz CT molecular complexity index is 831. The molecule has 128 valence electrons. The lowest BCUT2D eigenvalue weighted by molar-refractivity contribution is 0.102. The number of aromatic nitrogens is 2. The number of benzene rings is 1. The number of aryl methyl sites for hydroxylation is 1. The van der Waals surface area contributed by atoms with E-state index >= 15 is 0 Å². The molecule has 1 aromatic carbocycles. The smallest absolute Gasteiger partial charge is 0.257 e. The number of anilines is 1. The van der Waals surface area contributed by atoms with E-state index in [4.69, 9.17) is 0 Å². The van der Waals surface area contributed by atoms with Gasteiger partial charge in [-0.15, -0.1) is 16.8 Å². The zero-order valence-electron chi connectivity index (χ0n) is 13.2. The Balaban J connectivity index is 2.15. The first kappa shape index (κ1) is 18.2. The highest BCUT2D eigenvalue weighted by Gasteiger charge is 2.16. The summed E-state index contributed by atoms with van der Waals surface area (Å²) in [5.74, 6) is -0.435. The molecule has 0 aliphatic rings. The maximum absolute atomic E-state index is 12.3. The molecule has 2 N–H and O–H groups in total. The molecule has 0 atom stereocenters. The summed E-state index contributed by atoms with van der Waals surface area (Å²) in [4.78, 5) is 12.3. The van der Waals surface area contributed by atoms with Crippen molar-refractivity contribution < 1.29 is 13.2 Å². The quantitative estimate of drug-likeness (QED) is 0.698. The molecule has 1 heterocycles. The van der Waals surface area contributed by atoms with Gasteiger partial charge < -0.3 is 0 Å². The second-order valence-corrected chi connectivity index (χ2v) is 7.70. The van der Waals surface area contributed by atoms with Gasteiger partial charge in [0.25, 0.3) is 5.91 Å². The van der Waals surface area contributed by atoms with Crippen LogP contribution < -0.4 is 10.0 Å². The van der Waals surface area contributed by atoms with Crippen molar-refractivity contribution in [1.29, 1.82) is 0 Å². The highest BCUT2D eigenvalue weighted by molar-refractivity contribution is 7.89. The molecule has 0 aliphatic carbocycles. The molecule has 9 heteroatoms. The predicted molar refractivity (Wildman–Crippen MR) is 93.7 cm³/mol. The van der Waals surface area contributed by atoms with E-state index in [1.54, 1.807) is 0 Å². The molecule has 7 nitrogen and oxygen atoms in total.